The summed E-state index contributed by atoms with van der Waals surface area (Å²) < 4.78 is 10.7. The Bertz CT molecular complexity index is 1110. The molecule has 0 saturated heterocycles. The van der Waals surface area contributed by atoms with Crippen molar-refractivity contribution in [1.29, 1.82) is 0 Å². The van der Waals surface area contributed by atoms with Gasteiger partial charge in [0, 0.05) is 5.02 Å². The van der Waals surface area contributed by atoms with Crippen LogP contribution in [0.5, 0.6) is 11.5 Å². The highest BCUT2D eigenvalue weighted by atomic mass is 35.5. The van der Waals surface area contributed by atoms with E-state index in [0.717, 1.165) is 5.56 Å². The van der Waals surface area contributed by atoms with Crippen LogP contribution in [-0.2, 0) is 4.79 Å². The fourth-order valence-corrected chi connectivity index (χ4v) is 2.81. The van der Waals surface area contributed by atoms with Crippen molar-refractivity contribution in [2.24, 2.45) is 5.10 Å². The summed E-state index contributed by atoms with van der Waals surface area (Å²) in [5, 5.41) is 4.84. The number of hydrazone groups is 1. The maximum atomic E-state index is 12.2. The van der Waals surface area contributed by atoms with E-state index in [1.807, 2.05) is 6.92 Å². The van der Waals surface area contributed by atoms with Gasteiger partial charge in [-0.1, -0.05) is 35.3 Å². The number of carbonyl (C=O) groups excluding carboxylic acids is 2. The molecule has 3 aromatic carbocycles. The molecule has 6 nitrogen and oxygen atoms in total. The number of benzene rings is 3. The van der Waals surface area contributed by atoms with Crippen LogP contribution in [0.1, 0.15) is 21.5 Å². The molecule has 3 aromatic rings. The van der Waals surface area contributed by atoms with Crippen molar-refractivity contribution in [3.05, 3.63) is 93.5 Å². The molecule has 31 heavy (non-hydrogen) atoms. The Morgan fingerprint density at radius 3 is 2.39 bits per heavy atom. The average Bonchev–Trinajstić information content (AvgIpc) is 2.76. The van der Waals surface area contributed by atoms with Crippen LogP contribution < -0.4 is 14.9 Å². The predicted molar refractivity (Wildman–Crippen MR) is 120 cm³/mol. The van der Waals surface area contributed by atoms with E-state index in [-0.39, 0.29) is 12.2 Å². The minimum absolute atomic E-state index is 0.185. The van der Waals surface area contributed by atoms with Crippen LogP contribution in [-0.4, -0.2) is 24.7 Å². The summed E-state index contributed by atoms with van der Waals surface area (Å²) in [5.74, 6) is -0.0509. The lowest BCUT2D eigenvalue weighted by molar-refractivity contribution is -0.123. The topological polar surface area (TPSA) is 77.0 Å². The van der Waals surface area contributed by atoms with Gasteiger partial charge in [-0.15, -0.1) is 0 Å². The smallest absolute Gasteiger partial charge is 0.345 e. The molecule has 0 bridgehead atoms. The number of rotatable bonds is 7. The lowest BCUT2D eigenvalue weighted by atomic mass is 10.2. The van der Waals surface area contributed by atoms with Gasteiger partial charge in [0.15, 0.2) is 6.61 Å². The molecular formula is C23H18Cl2N2O4. The lowest BCUT2D eigenvalue weighted by Crippen LogP contribution is -2.24. The van der Waals surface area contributed by atoms with Gasteiger partial charge < -0.3 is 9.47 Å². The van der Waals surface area contributed by atoms with Crippen molar-refractivity contribution in [3.8, 4) is 11.5 Å². The van der Waals surface area contributed by atoms with Crippen molar-refractivity contribution in [1.82, 2.24) is 5.43 Å². The molecule has 0 unspecified atom stereocenters. The highest BCUT2D eigenvalue weighted by molar-refractivity contribution is 6.33. The molecule has 0 saturated carbocycles. The molecule has 0 spiro atoms. The first-order valence-electron chi connectivity index (χ1n) is 9.20. The largest absolute Gasteiger partial charge is 0.484 e. The summed E-state index contributed by atoms with van der Waals surface area (Å²) in [6.07, 6.45) is 1.46. The van der Waals surface area contributed by atoms with E-state index in [2.05, 4.69) is 10.5 Å². The van der Waals surface area contributed by atoms with E-state index in [1.165, 1.54) is 6.21 Å². The molecule has 3 rings (SSSR count). The number of nitrogens with zero attached hydrogens (tertiary/aromatic N) is 1. The van der Waals surface area contributed by atoms with E-state index in [1.54, 1.807) is 66.7 Å². The Labute approximate surface area is 189 Å². The van der Waals surface area contributed by atoms with E-state index in [9.17, 15) is 9.59 Å². The number of carbonyl (C=O) groups is 2. The first kappa shape index (κ1) is 22.3. The number of hydrogen-bond donors (Lipinski definition) is 1. The standard InChI is InChI=1S/C23H18Cl2N2O4/c1-15-12-18(10-11-20(15)24)30-14-22(28)27-26-13-16-6-8-17(9-7-16)31-23(29)19-4-2-3-5-21(19)25/h2-13H,14H2,1H3,(H,27,28)/b26-13-. The number of halogens is 2. The summed E-state index contributed by atoms with van der Waals surface area (Å²) in [7, 11) is 0. The van der Waals surface area contributed by atoms with Crippen LogP contribution in [0.2, 0.25) is 10.0 Å². The zero-order valence-corrected chi connectivity index (χ0v) is 18.0. The normalized spacial score (nSPS) is 10.7. The second-order valence-corrected chi connectivity index (χ2v) is 7.25. The van der Waals surface area contributed by atoms with Crippen molar-refractivity contribution >= 4 is 41.3 Å². The SMILES string of the molecule is Cc1cc(OCC(=O)N/N=C\c2ccc(OC(=O)c3ccccc3Cl)cc2)ccc1Cl. The van der Waals surface area contributed by atoms with Gasteiger partial charge in [-0.3, -0.25) is 4.79 Å². The monoisotopic (exact) mass is 456 g/mol. The number of ether oxygens (including phenoxy) is 2. The van der Waals surface area contributed by atoms with E-state index in [4.69, 9.17) is 32.7 Å². The quantitative estimate of drug-likeness (QED) is 0.233. The van der Waals surface area contributed by atoms with Crippen molar-refractivity contribution in [2.75, 3.05) is 6.61 Å². The Morgan fingerprint density at radius 1 is 0.968 bits per heavy atom. The molecule has 0 radical (unpaired) electrons. The van der Waals surface area contributed by atoms with Gasteiger partial charge in [0.05, 0.1) is 16.8 Å². The van der Waals surface area contributed by atoms with E-state index < -0.39 is 11.9 Å². The second kappa shape index (κ2) is 10.6. The maximum absolute atomic E-state index is 12.2. The van der Waals surface area contributed by atoms with Gasteiger partial charge in [0.2, 0.25) is 0 Å². The van der Waals surface area contributed by atoms with Crippen molar-refractivity contribution < 1.29 is 19.1 Å². The maximum Gasteiger partial charge on any atom is 0.345 e. The molecular weight excluding hydrogens is 439 g/mol. The van der Waals surface area contributed by atoms with Gasteiger partial charge in [-0.05, 0) is 72.6 Å². The summed E-state index contributed by atoms with van der Waals surface area (Å²) in [6, 6.07) is 18.4. The Kier molecular flexibility index (Phi) is 7.65. The fraction of sp³-hybridized carbons (Fsp3) is 0.0870. The van der Waals surface area contributed by atoms with Crippen LogP contribution in [0.15, 0.2) is 71.8 Å². The van der Waals surface area contributed by atoms with Gasteiger partial charge in [0.1, 0.15) is 11.5 Å². The molecule has 158 valence electrons. The molecule has 0 aliphatic rings. The first-order valence-corrected chi connectivity index (χ1v) is 9.95. The van der Waals surface area contributed by atoms with E-state index in [0.29, 0.717) is 27.1 Å². The molecule has 0 atom stereocenters. The van der Waals surface area contributed by atoms with Gasteiger partial charge >= 0.3 is 5.97 Å². The van der Waals surface area contributed by atoms with Crippen LogP contribution in [0.25, 0.3) is 0 Å². The summed E-state index contributed by atoms with van der Waals surface area (Å²) >= 11 is 12.0. The Balaban J connectivity index is 1.47. The van der Waals surface area contributed by atoms with Crippen molar-refractivity contribution in [3.63, 3.8) is 0 Å². The number of esters is 1. The summed E-state index contributed by atoms with van der Waals surface area (Å²) in [5.41, 5.74) is 4.23. The van der Waals surface area contributed by atoms with Gasteiger partial charge in [-0.25, -0.2) is 10.2 Å². The van der Waals surface area contributed by atoms with Crippen LogP contribution in [0.4, 0.5) is 0 Å². The zero-order valence-electron chi connectivity index (χ0n) is 16.5. The highest BCUT2D eigenvalue weighted by Gasteiger charge is 2.12. The Hall–Kier alpha value is -3.35. The van der Waals surface area contributed by atoms with E-state index >= 15 is 0 Å². The highest BCUT2D eigenvalue weighted by Crippen LogP contribution is 2.21. The molecule has 8 heteroatoms. The number of nitrogens with one attached hydrogen (secondary N) is 1. The first-order chi connectivity index (χ1) is 14.9. The fourth-order valence-electron chi connectivity index (χ4n) is 2.48. The molecule has 0 aliphatic carbocycles. The molecule has 0 aliphatic heterocycles. The zero-order chi connectivity index (χ0) is 22.2. The third kappa shape index (κ3) is 6.57. The molecule has 0 aromatic heterocycles. The minimum Gasteiger partial charge on any atom is -0.484 e. The third-order valence-corrected chi connectivity index (χ3v) is 4.84. The van der Waals surface area contributed by atoms with Crippen LogP contribution in [0.3, 0.4) is 0 Å². The van der Waals surface area contributed by atoms with Crippen molar-refractivity contribution in [2.45, 2.75) is 6.92 Å². The summed E-state index contributed by atoms with van der Waals surface area (Å²) in [6.45, 7) is 1.66. The molecule has 0 fully saturated rings. The lowest BCUT2D eigenvalue weighted by Gasteiger charge is -2.07. The predicted octanol–water partition coefficient (Wildman–Crippen LogP) is 5.05. The molecule has 0 heterocycles. The summed E-state index contributed by atoms with van der Waals surface area (Å²) in [4.78, 5) is 24.0. The molecule has 1 N–H and O–H groups in total. The minimum atomic E-state index is -0.546. The number of amides is 1. The average molecular weight is 457 g/mol. The number of aryl methyl sites for hydroxylation is 1. The second-order valence-electron chi connectivity index (χ2n) is 6.43. The third-order valence-electron chi connectivity index (χ3n) is 4.09. The van der Waals surface area contributed by atoms with Crippen LogP contribution >= 0.6 is 23.2 Å². The number of hydrogen-bond acceptors (Lipinski definition) is 5. The van der Waals surface area contributed by atoms with Gasteiger partial charge in [-0.2, -0.15) is 5.10 Å². The Morgan fingerprint density at radius 2 is 1.68 bits per heavy atom. The molecule has 1 amide bonds. The van der Waals surface area contributed by atoms with Gasteiger partial charge in [0.25, 0.3) is 5.91 Å². The van der Waals surface area contributed by atoms with Crippen LogP contribution in [0, 0.1) is 6.92 Å².